The maximum Gasteiger partial charge on any atom is 0.220 e. The molecule has 2 aliphatic rings. The van der Waals surface area contributed by atoms with Crippen molar-refractivity contribution in [2.24, 2.45) is 5.92 Å². The van der Waals surface area contributed by atoms with Crippen LogP contribution in [-0.4, -0.2) is 25.0 Å². The van der Waals surface area contributed by atoms with E-state index in [1.165, 1.54) is 0 Å². The van der Waals surface area contributed by atoms with Gasteiger partial charge in [0.25, 0.3) is 0 Å². The van der Waals surface area contributed by atoms with E-state index in [-0.39, 0.29) is 29.1 Å². The molecule has 4 nitrogen and oxygen atoms in total. The van der Waals surface area contributed by atoms with Crippen molar-refractivity contribution in [3.05, 3.63) is 29.3 Å². The van der Waals surface area contributed by atoms with Crippen molar-refractivity contribution in [2.75, 3.05) is 18.0 Å². The summed E-state index contributed by atoms with van der Waals surface area (Å²) >= 11 is 0. The largest absolute Gasteiger partial charge is 0.366 e. The maximum absolute atomic E-state index is 14.1. The molecule has 2 heterocycles. The number of rotatable bonds is 1. The molecule has 2 aliphatic heterocycles. The second-order valence-corrected chi connectivity index (χ2v) is 5.61. The summed E-state index contributed by atoms with van der Waals surface area (Å²) in [5.41, 5.74) is -0.0853. The van der Waals surface area contributed by atoms with Crippen LogP contribution < -0.4 is 10.2 Å². The van der Waals surface area contributed by atoms with Gasteiger partial charge in [-0.15, -0.1) is 0 Å². The molecular formula is C15H15F2N3O. The van der Waals surface area contributed by atoms with Crippen LogP contribution in [-0.2, 0) is 4.79 Å². The molecular weight excluding hydrogens is 276 g/mol. The molecule has 0 aromatic heterocycles. The minimum Gasteiger partial charge on any atom is -0.366 e. The number of carbonyl (C=O) groups is 1. The predicted octanol–water partition coefficient (Wildman–Crippen LogP) is 1.94. The van der Waals surface area contributed by atoms with E-state index in [1.54, 1.807) is 11.0 Å². The summed E-state index contributed by atoms with van der Waals surface area (Å²) in [5.74, 6) is -1.14. The number of anilines is 1. The minimum absolute atomic E-state index is 0.0198. The Morgan fingerprint density at radius 3 is 2.67 bits per heavy atom. The number of halogens is 2. The molecule has 0 bridgehead atoms. The lowest BCUT2D eigenvalue weighted by atomic mass is 9.85. The van der Waals surface area contributed by atoms with Crippen LogP contribution in [0.15, 0.2) is 12.1 Å². The fraction of sp³-hybridized carbons (Fsp3) is 0.467. The van der Waals surface area contributed by atoms with E-state index in [0.717, 1.165) is 18.6 Å². The average molecular weight is 291 g/mol. The second-order valence-electron chi connectivity index (χ2n) is 5.61. The summed E-state index contributed by atoms with van der Waals surface area (Å²) in [5, 5.41) is 11.7. The number of carbonyl (C=O) groups excluding carboxylic acids is 1. The molecule has 0 saturated carbocycles. The topological polar surface area (TPSA) is 56.1 Å². The number of nitriles is 1. The Morgan fingerprint density at radius 2 is 2.00 bits per heavy atom. The molecule has 21 heavy (non-hydrogen) atoms. The first-order valence-electron chi connectivity index (χ1n) is 7.02. The fourth-order valence-corrected chi connectivity index (χ4v) is 3.25. The van der Waals surface area contributed by atoms with Crippen LogP contribution in [0.4, 0.5) is 14.5 Å². The summed E-state index contributed by atoms with van der Waals surface area (Å²) in [7, 11) is 0. The first-order valence-corrected chi connectivity index (χ1v) is 7.02. The molecule has 110 valence electrons. The van der Waals surface area contributed by atoms with E-state index in [0.29, 0.717) is 25.9 Å². The molecule has 1 aromatic carbocycles. The number of piperidine rings is 2. The SMILES string of the molecule is N#Cc1cc(F)c(N2CCC3NC(=O)CCC3C2)c(F)c1. The van der Waals surface area contributed by atoms with Crippen molar-refractivity contribution in [2.45, 2.75) is 25.3 Å². The number of hydrogen-bond donors (Lipinski definition) is 1. The normalized spacial score (nSPS) is 25.0. The molecule has 2 unspecified atom stereocenters. The van der Waals surface area contributed by atoms with E-state index < -0.39 is 11.6 Å². The number of nitrogens with one attached hydrogen (secondary N) is 1. The lowest BCUT2D eigenvalue weighted by Crippen LogP contribution is -2.54. The van der Waals surface area contributed by atoms with Crippen molar-refractivity contribution in [3.63, 3.8) is 0 Å². The molecule has 1 amide bonds. The van der Waals surface area contributed by atoms with E-state index >= 15 is 0 Å². The van der Waals surface area contributed by atoms with Gasteiger partial charge in [-0.1, -0.05) is 0 Å². The van der Waals surface area contributed by atoms with E-state index in [9.17, 15) is 13.6 Å². The standard InChI is InChI=1S/C15H15F2N3O/c16-11-5-9(7-18)6-12(17)15(11)20-4-3-13-10(8-20)1-2-14(21)19-13/h5-6,10,13H,1-4,8H2,(H,19,21). The Hall–Kier alpha value is -2.16. The Morgan fingerprint density at radius 1 is 1.29 bits per heavy atom. The van der Waals surface area contributed by atoms with Crippen LogP contribution in [0.3, 0.4) is 0 Å². The number of nitrogens with zero attached hydrogens (tertiary/aromatic N) is 2. The summed E-state index contributed by atoms with van der Waals surface area (Å²) in [6, 6.07) is 3.97. The predicted molar refractivity (Wildman–Crippen MR) is 72.6 cm³/mol. The first-order chi connectivity index (χ1) is 10.1. The lowest BCUT2D eigenvalue weighted by Gasteiger charge is -2.42. The smallest absolute Gasteiger partial charge is 0.220 e. The van der Waals surface area contributed by atoms with Crippen LogP contribution in [0.25, 0.3) is 0 Å². The van der Waals surface area contributed by atoms with E-state index in [2.05, 4.69) is 5.32 Å². The Balaban J connectivity index is 1.83. The van der Waals surface area contributed by atoms with Crippen molar-refractivity contribution in [1.29, 1.82) is 5.26 Å². The molecule has 0 aliphatic carbocycles. The van der Waals surface area contributed by atoms with Crippen LogP contribution in [0.2, 0.25) is 0 Å². The molecule has 2 atom stereocenters. The molecule has 2 saturated heterocycles. The van der Waals surface area contributed by atoms with Crippen LogP contribution in [0, 0.1) is 28.9 Å². The van der Waals surface area contributed by atoms with Crippen molar-refractivity contribution >= 4 is 11.6 Å². The highest BCUT2D eigenvalue weighted by atomic mass is 19.1. The zero-order chi connectivity index (χ0) is 15.0. The van der Waals surface area contributed by atoms with Gasteiger partial charge in [-0.3, -0.25) is 4.79 Å². The van der Waals surface area contributed by atoms with Crippen LogP contribution in [0.1, 0.15) is 24.8 Å². The molecule has 1 N–H and O–H groups in total. The minimum atomic E-state index is -0.704. The van der Waals surface area contributed by atoms with Gasteiger partial charge in [0.15, 0.2) is 11.6 Å². The number of benzene rings is 1. The summed E-state index contributed by atoms with van der Waals surface area (Å²) < 4.78 is 28.1. The number of hydrogen-bond acceptors (Lipinski definition) is 3. The molecule has 0 spiro atoms. The Kier molecular flexibility index (Phi) is 3.50. The third-order valence-electron chi connectivity index (χ3n) is 4.28. The molecule has 1 aromatic rings. The summed E-state index contributed by atoms with van der Waals surface area (Å²) in [6.45, 7) is 1.01. The van der Waals surface area contributed by atoms with Crippen LogP contribution in [0.5, 0.6) is 0 Å². The quantitative estimate of drug-likeness (QED) is 0.860. The third kappa shape index (κ3) is 2.56. The van der Waals surface area contributed by atoms with Gasteiger partial charge >= 0.3 is 0 Å². The first kappa shape index (κ1) is 13.8. The molecule has 2 fully saturated rings. The molecule has 0 radical (unpaired) electrons. The monoisotopic (exact) mass is 291 g/mol. The fourth-order valence-electron chi connectivity index (χ4n) is 3.25. The highest BCUT2D eigenvalue weighted by Gasteiger charge is 2.35. The van der Waals surface area contributed by atoms with Gasteiger partial charge in [-0.25, -0.2) is 8.78 Å². The summed E-state index contributed by atoms with van der Waals surface area (Å²) in [4.78, 5) is 13.1. The van der Waals surface area contributed by atoms with Crippen LogP contribution >= 0.6 is 0 Å². The molecule has 3 rings (SSSR count). The Bertz CT molecular complexity index is 603. The average Bonchev–Trinajstić information content (AvgIpc) is 2.46. The van der Waals surface area contributed by atoms with Gasteiger partial charge in [0.05, 0.1) is 11.6 Å². The highest BCUT2D eigenvalue weighted by molar-refractivity contribution is 5.77. The van der Waals surface area contributed by atoms with Crippen molar-refractivity contribution in [1.82, 2.24) is 5.32 Å². The van der Waals surface area contributed by atoms with E-state index in [4.69, 9.17) is 5.26 Å². The maximum atomic E-state index is 14.1. The number of fused-ring (bicyclic) bond motifs is 1. The Labute approximate surface area is 121 Å². The van der Waals surface area contributed by atoms with E-state index in [1.807, 2.05) is 0 Å². The van der Waals surface area contributed by atoms with Gasteiger partial charge in [0, 0.05) is 25.6 Å². The van der Waals surface area contributed by atoms with Gasteiger partial charge in [-0.2, -0.15) is 5.26 Å². The van der Waals surface area contributed by atoms with Gasteiger partial charge < -0.3 is 10.2 Å². The van der Waals surface area contributed by atoms with Crippen molar-refractivity contribution in [3.8, 4) is 6.07 Å². The highest BCUT2D eigenvalue weighted by Crippen LogP contribution is 2.32. The molecule has 6 heteroatoms. The lowest BCUT2D eigenvalue weighted by molar-refractivity contribution is -0.124. The third-order valence-corrected chi connectivity index (χ3v) is 4.28. The van der Waals surface area contributed by atoms with Gasteiger partial charge in [-0.05, 0) is 30.9 Å². The zero-order valence-corrected chi connectivity index (χ0v) is 11.4. The van der Waals surface area contributed by atoms with Gasteiger partial charge in [0.1, 0.15) is 5.69 Å². The second kappa shape index (κ2) is 5.32. The van der Waals surface area contributed by atoms with Gasteiger partial charge in [0.2, 0.25) is 5.91 Å². The zero-order valence-electron chi connectivity index (χ0n) is 11.4. The summed E-state index contributed by atoms with van der Waals surface area (Å²) in [6.07, 6.45) is 1.88. The van der Waals surface area contributed by atoms with Crippen molar-refractivity contribution < 1.29 is 13.6 Å². The number of amides is 1.